The molecular formula is C12H23N3O2. The fourth-order valence-electron chi connectivity index (χ4n) is 2.22. The average molecular weight is 241 g/mol. The fourth-order valence-corrected chi connectivity index (χ4v) is 2.22. The van der Waals surface area contributed by atoms with Gasteiger partial charge in [0.05, 0.1) is 5.92 Å². The van der Waals surface area contributed by atoms with Crippen LogP contribution in [0.1, 0.15) is 38.5 Å². The first-order valence-electron chi connectivity index (χ1n) is 6.39. The van der Waals surface area contributed by atoms with Crippen molar-refractivity contribution in [2.45, 2.75) is 44.6 Å². The van der Waals surface area contributed by atoms with Crippen LogP contribution in [-0.4, -0.2) is 31.4 Å². The van der Waals surface area contributed by atoms with Gasteiger partial charge in [-0.3, -0.25) is 9.59 Å². The third-order valence-corrected chi connectivity index (χ3v) is 3.34. The van der Waals surface area contributed by atoms with Crippen LogP contribution in [0.25, 0.3) is 0 Å². The van der Waals surface area contributed by atoms with Crippen molar-refractivity contribution in [3.05, 3.63) is 0 Å². The van der Waals surface area contributed by atoms with Crippen molar-refractivity contribution < 1.29 is 9.59 Å². The lowest BCUT2D eigenvalue weighted by Crippen LogP contribution is -2.42. The minimum atomic E-state index is -0.0813. The highest BCUT2D eigenvalue weighted by Gasteiger charge is 2.26. The van der Waals surface area contributed by atoms with Gasteiger partial charge in [-0.05, 0) is 12.8 Å². The highest BCUT2D eigenvalue weighted by molar-refractivity contribution is 5.80. The summed E-state index contributed by atoms with van der Waals surface area (Å²) in [5.74, 6) is -0.138. The Balaban J connectivity index is 2.32. The van der Waals surface area contributed by atoms with E-state index in [0.29, 0.717) is 13.0 Å². The molecule has 5 nitrogen and oxygen atoms in total. The van der Waals surface area contributed by atoms with Gasteiger partial charge in [-0.15, -0.1) is 0 Å². The number of hydrogen-bond acceptors (Lipinski definition) is 3. The molecule has 1 aliphatic rings. The van der Waals surface area contributed by atoms with Gasteiger partial charge in [0.15, 0.2) is 0 Å². The fraction of sp³-hybridized carbons (Fsp3) is 0.833. The lowest BCUT2D eigenvalue weighted by Gasteiger charge is -2.20. The van der Waals surface area contributed by atoms with Crippen LogP contribution in [0, 0.1) is 5.92 Å². The predicted octanol–water partition coefficient (Wildman–Crippen LogP) is 0.146. The molecule has 2 unspecified atom stereocenters. The zero-order chi connectivity index (χ0) is 12.7. The molecule has 1 aliphatic carbocycles. The molecule has 0 aliphatic heterocycles. The average Bonchev–Trinajstić information content (AvgIpc) is 2.53. The SMILES string of the molecule is CNC(=O)CCNC(=O)C1CCCCCC1N. The molecule has 0 spiro atoms. The summed E-state index contributed by atoms with van der Waals surface area (Å²) in [6.45, 7) is 0.391. The zero-order valence-corrected chi connectivity index (χ0v) is 10.5. The number of carbonyl (C=O) groups excluding carboxylic acids is 2. The lowest BCUT2D eigenvalue weighted by atomic mass is 9.94. The summed E-state index contributed by atoms with van der Waals surface area (Å²) in [5, 5.41) is 5.32. The maximum absolute atomic E-state index is 11.9. The largest absolute Gasteiger partial charge is 0.359 e. The van der Waals surface area contributed by atoms with Gasteiger partial charge < -0.3 is 16.4 Å². The topological polar surface area (TPSA) is 84.2 Å². The third kappa shape index (κ3) is 4.73. The molecule has 98 valence electrons. The maximum Gasteiger partial charge on any atom is 0.224 e. The Morgan fingerprint density at radius 2 is 1.94 bits per heavy atom. The van der Waals surface area contributed by atoms with Crippen molar-refractivity contribution in [1.82, 2.24) is 10.6 Å². The van der Waals surface area contributed by atoms with E-state index < -0.39 is 0 Å². The van der Waals surface area contributed by atoms with Gasteiger partial charge in [-0.1, -0.05) is 19.3 Å². The molecule has 0 aromatic carbocycles. The first-order chi connectivity index (χ1) is 8.15. The summed E-state index contributed by atoms with van der Waals surface area (Å²) in [7, 11) is 1.59. The minimum absolute atomic E-state index is 0.00306. The summed E-state index contributed by atoms with van der Waals surface area (Å²) in [6.07, 6.45) is 5.46. The summed E-state index contributed by atoms with van der Waals surface area (Å²) < 4.78 is 0. The van der Waals surface area contributed by atoms with Crippen molar-refractivity contribution >= 4 is 11.8 Å². The molecular weight excluding hydrogens is 218 g/mol. The van der Waals surface area contributed by atoms with E-state index in [4.69, 9.17) is 5.73 Å². The molecule has 0 radical (unpaired) electrons. The number of carbonyl (C=O) groups is 2. The number of rotatable bonds is 4. The lowest BCUT2D eigenvalue weighted by molar-refractivity contribution is -0.126. The van der Waals surface area contributed by atoms with Gasteiger partial charge in [0.2, 0.25) is 11.8 Å². The summed E-state index contributed by atoms with van der Waals surface area (Å²) in [5.41, 5.74) is 6.00. The Morgan fingerprint density at radius 3 is 2.65 bits per heavy atom. The standard InChI is InChI=1S/C12H23N3O2/c1-14-11(16)7-8-15-12(17)9-5-3-2-4-6-10(9)13/h9-10H,2-8,13H2,1H3,(H,14,16)(H,15,17). The highest BCUT2D eigenvalue weighted by atomic mass is 16.2. The monoisotopic (exact) mass is 241 g/mol. The Bertz CT molecular complexity index is 268. The second-order valence-corrected chi connectivity index (χ2v) is 4.62. The first kappa shape index (κ1) is 14.0. The molecule has 1 fully saturated rings. The van der Waals surface area contributed by atoms with Gasteiger partial charge in [-0.25, -0.2) is 0 Å². The van der Waals surface area contributed by atoms with E-state index in [1.807, 2.05) is 0 Å². The molecule has 0 aromatic rings. The molecule has 2 amide bonds. The molecule has 0 bridgehead atoms. The van der Waals surface area contributed by atoms with E-state index in [-0.39, 0.29) is 23.8 Å². The third-order valence-electron chi connectivity index (χ3n) is 3.34. The number of nitrogens with one attached hydrogen (secondary N) is 2. The van der Waals surface area contributed by atoms with Crippen molar-refractivity contribution in [2.75, 3.05) is 13.6 Å². The quantitative estimate of drug-likeness (QED) is 0.612. The molecule has 1 rings (SSSR count). The summed E-state index contributed by atoms with van der Waals surface area (Å²) >= 11 is 0. The summed E-state index contributed by atoms with van der Waals surface area (Å²) in [4.78, 5) is 22.9. The smallest absolute Gasteiger partial charge is 0.224 e. The van der Waals surface area contributed by atoms with Crippen LogP contribution in [0.2, 0.25) is 0 Å². The van der Waals surface area contributed by atoms with Gasteiger partial charge in [0.1, 0.15) is 0 Å². The van der Waals surface area contributed by atoms with Gasteiger partial charge in [-0.2, -0.15) is 0 Å². The van der Waals surface area contributed by atoms with Gasteiger partial charge in [0.25, 0.3) is 0 Å². The van der Waals surface area contributed by atoms with E-state index in [2.05, 4.69) is 10.6 Å². The molecule has 4 N–H and O–H groups in total. The van der Waals surface area contributed by atoms with Crippen molar-refractivity contribution in [3.63, 3.8) is 0 Å². The molecule has 0 aromatic heterocycles. The second-order valence-electron chi connectivity index (χ2n) is 4.62. The molecule has 0 saturated heterocycles. The van der Waals surface area contributed by atoms with Crippen LogP contribution in [0.4, 0.5) is 0 Å². The van der Waals surface area contributed by atoms with Gasteiger partial charge >= 0.3 is 0 Å². The Kier molecular flexibility index (Phi) is 5.97. The van der Waals surface area contributed by atoms with Crippen molar-refractivity contribution in [1.29, 1.82) is 0 Å². The Hall–Kier alpha value is -1.10. The number of hydrogen-bond donors (Lipinski definition) is 3. The molecule has 0 heterocycles. The van der Waals surface area contributed by atoms with E-state index in [0.717, 1.165) is 32.1 Å². The number of amides is 2. The number of nitrogens with two attached hydrogens (primary N) is 1. The van der Waals surface area contributed by atoms with Crippen molar-refractivity contribution in [3.8, 4) is 0 Å². The van der Waals surface area contributed by atoms with Crippen LogP contribution >= 0.6 is 0 Å². The molecule has 1 saturated carbocycles. The predicted molar refractivity (Wildman–Crippen MR) is 66.2 cm³/mol. The van der Waals surface area contributed by atoms with Crippen LogP contribution in [0.3, 0.4) is 0 Å². The van der Waals surface area contributed by atoms with E-state index >= 15 is 0 Å². The van der Waals surface area contributed by atoms with Gasteiger partial charge in [0, 0.05) is 26.1 Å². The zero-order valence-electron chi connectivity index (χ0n) is 10.5. The van der Waals surface area contributed by atoms with Crippen LogP contribution < -0.4 is 16.4 Å². The van der Waals surface area contributed by atoms with Crippen LogP contribution in [0.15, 0.2) is 0 Å². The first-order valence-corrected chi connectivity index (χ1v) is 6.39. The Labute approximate surface area is 103 Å². The summed E-state index contributed by atoms with van der Waals surface area (Å²) in [6, 6.07) is -0.0301. The van der Waals surface area contributed by atoms with E-state index in [1.165, 1.54) is 0 Å². The minimum Gasteiger partial charge on any atom is -0.359 e. The molecule has 17 heavy (non-hydrogen) atoms. The highest BCUT2D eigenvalue weighted by Crippen LogP contribution is 2.22. The van der Waals surface area contributed by atoms with E-state index in [1.54, 1.807) is 7.05 Å². The second kappa shape index (κ2) is 7.27. The Morgan fingerprint density at radius 1 is 1.24 bits per heavy atom. The normalized spacial score (nSPS) is 24.8. The van der Waals surface area contributed by atoms with E-state index in [9.17, 15) is 9.59 Å². The molecule has 5 heteroatoms. The maximum atomic E-state index is 11.9. The molecule has 2 atom stereocenters. The van der Waals surface area contributed by atoms with Crippen LogP contribution in [0.5, 0.6) is 0 Å². The van der Waals surface area contributed by atoms with Crippen LogP contribution in [-0.2, 0) is 9.59 Å². The van der Waals surface area contributed by atoms with Crippen molar-refractivity contribution in [2.24, 2.45) is 11.7 Å².